The van der Waals surface area contributed by atoms with Crippen LogP contribution in [-0.4, -0.2) is 37.4 Å². The minimum atomic E-state index is 0.201. The van der Waals surface area contributed by atoms with E-state index in [1.165, 1.54) is 12.8 Å². The van der Waals surface area contributed by atoms with E-state index in [0.717, 1.165) is 44.1 Å². The van der Waals surface area contributed by atoms with Crippen LogP contribution in [0.5, 0.6) is 0 Å². The molecule has 0 amide bonds. The Morgan fingerprint density at radius 2 is 1.96 bits per heavy atom. The summed E-state index contributed by atoms with van der Waals surface area (Å²) in [5, 5.41) is 18.3. The highest BCUT2D eigenvalue weighted by Crippen LogP contribution is 2.22. The third-order valence-corrected chi connectivity index (χ3v) is 4.82. The van der Waals surface area contributed by atoms with Crippen LogP contribution in [0.1, 0.15) is 32.6 Å². The maximum Gasteiger partial charge on any atom is 0.268 e. The summed E-state index contributed by atoms with van der Waals surface area (Å²) in [4.78, 5) is 2.29. The average molecular weight is 323 g/mol. The molecule has 2 heterocycles. The van der Waals surface area contributed by atoms with Crippen LogP contribution >= 0.6 is 0 Å². The summed E-state index contributed by atoms with van der Waals surface area (Å²) >= 11 is 0. The fourth-order valence-corrected chi connectivity index (χ4v) is 3.27. The van der Waals surface area contributed by atoms with Crippen LogP contribution in [0.2, 0.25) is 12.6 Å². The molecule has 2 fully saturated rings. The van der Waals surface area contributed by atoms with Gasteiger partial charge in [-0.15, -0.1) is 0 Å². The number of rotatable bonds is 6. The van der Waals surface area contributed by atoms with Crippen LogP contribution < -0.4 is 0 Å². The van der Waals surface area contributed by atoms with Crippen molar-refractivity contribution in [3.05, 3.63) is 35.6 Å². The van der Waals surface area contributed by atoms with Crippen molar-refractivity contribution in [2.45, 2.75) is 51.4 Å². The summed E-state index contributed by atoms with van der Waals surface area (Å²) in [5.41, 5.74) is 1.61. The summed E-state index contributed by atoms with van der Waals surface area (Å²) in [6, 6.07) is 2.26. The predicted octanol–water partition coefficient (Wildman–Crippen LogP) is 3.73. The molecule has 2 aliphatic rings. The molecule has 2 rings (SSSR count). The lowest BCUT2D eigenvalue weighted by Crippen LogP contribution is -2.25. The zero-order valence-corrected chi connectivity index (χ0v) is 14.6. The van der Waals surface area contributed by atoms with E-state index in [4.69, 9.17) is 10.00 Å². The van der Waals surface area contributed by atoms with E-state index in [1.54, 1.807) is 0 Å². The number of ether oxygens (including phenoxy) is 1. The molecule has 0 aromatic rings. The van der Waals surface area contributed by atoms with Crippen molar-refractivity contribution in [2.24, 2.45) is 0 Å². The van der Waals surface area contributed by atoms with Crippen molar-refractivity contribution in [1.29, 1.82) is 10.5 Å². The molecular weight excluding hydrogens is 297 g/mol. The average Bonchev–Trinajstić information content (AvgIpc) is 3.14. The van der Waals surface area contributed by atoms with Gasteiger partial charge in [-0.2, -0.15) is 5.26 Å². The Kier molecular flexibility index (Phi) is 7.66. The van der Waals surface area contributed by atoms with Crippen LogP contribution in [0, 0.1) is 22.6 Å². The van der Waals surface area contributed by atoms with Gasteiger partial charge in [0, 0.05) is 19.1 Å². The van der Waals surface area contributed by atoms with E-state index in [-0.39, 0.29) is 12.8 Å². The summed E-state index contributed by atoms with van der Waals surface area (Å²) in [6.45, 7) is 4.80. The van der Waals surface area contributed by atoms with Gasteiger partial charge in [-0.1, -0.05) is 24.8 Å². The second-order valence-corrected chi connectivity index (χ2v) is 6.47. The fraction of sp³-hybridized carbons (Fsp3) is 0.579. The summed E-state index contributed by atoms with van der Waals surface area (Å²) in [7, 11) is 0. The summed E-state index contributed by atoms with van der Waals surface area (Å²) in [6.07, 6.45) is 14.5. The third-order valence-electron chi connectivity index (χ3n) is 4.82. The first-order chi connectivity index (χ1) is 11.8. The third kappa shape index (κ3) is 5.58. The molecule has 0 spiro atoms. The van der Waals surface area contributed by atoms with Gasteiger partial charge in [-0.25, -0.2) is 5.26 Å². The summed E-state index contributed by atoms with van der Waals surface area (Å²) < 4.78 is 5.95. The largest absolute Gasteiger partial charge is 0.377 e. The molecule has 5 heteroatoms. The van der Waals surface area contributed by atoms with Crippen LogP contribution in [0.15, 0.2) is 35.6 Å². The number of nitriles is 2. The topological polar surface area (TPSA) is 60.0 Å². The molecule has 0 bridgehead atoms. The van der Waals surface area contributed by atoms with Gasteiger partial charge in [-0.3, -0.25) is 0 Å². The smallest absolute Gasteiger partial charge is 0.268 e. The first kappa shape index (κ1) is 18.4. The molecule has 0 aromatic heterocycles. The molecule has 2 aliphatic heterocycles. The molecule has 24 heavy (non-hydrogen) atoms. The highest BCUT2D eigenvalue weighted by Gasteiger charge is 2.24. The van der Waals surface area contributed by atoms with E-state index in [0.29, 0.717) is 12.2 Å². The maximum atomic E-state index is 9.31. The Hall–Kier alpha value is -1.98. The Labute approximate surface area is 146 Å². The quantitative estimate of drug-likeness (QED) is 0.424. The zero-order valence-electron chi connectivity index (χ0n) is 14.6. The molecule has 0 aromatic carbocycles. The van der Waals surface area contributed by atoms with Crippen LogP contribution in [0.3, 0.4) is 0 Å². The Morgan fingerprint density at radius 3 is 2.54 bits per heavy atom. The molecule has 0 radical (unpaired) electrons. The number of likely N-dealkylation sites (tertiary alicyclic amines) is 1. The van der Waals surface area contributed by atoms with Gasteiger partial charge in [-0.05, 0) is 50.5 Å². The molecule has 0 unspecified atom stereocenters. The van der Waals surface area contributed by atoms with Crippen LogP contribution in [-0.2, 0) is 4.74 Å². The van der Waals surface area contributed by atoms with Crippen molar-refractivity contribution in [2.75, 3.05) is 19.7 Å². The second kappa shape index (κ2) is 10.0. The lowest BCUT2D eigenvalue weighted by Gasteiger charge is -2.23. The summed E-state index contributed by atoms with van der Waals surface area (Å²) in [5.74, 6) is 2.35. The van der Waals surface area contributed by atoms with Gasteiger partial charge < -0.3 is 9.64 Å². The van der Waals surface area contributed by atoms with Crippen molar-refractivity contribution < 1.29 is 4.74 Å². The highest BCUT2D eigenvalue weighted by atomic mass is 16.5. The lowest BCUT2D eigenvalue weighted by molar-refractivity contribution is 0.0654. The van der Waals surface area contributed by atoms with E-state index >= 15 is 0 Å². The molecule has 0 atom stereocenters. The van der Waals surface area contributed by atoms with Gasteiger partial charge in [0.05, 0.1) is 24.4 Å². The van der Waals surface area contributed by atoms with E-state index in [2.05, 4.69) is 23.1 Å². The molecule has 2 saturated heterocycles. The molecular formula is C19H26BN3O. The normalized spacial score (nSPS) is 20.5. The minimum Gasteiger partial charge on any atom is -0.377 e. The van der Waals surface area contributed by atoms with Crippen molar-refractivity contribution in [3.63, 3.8) is 0 Å². The Bertz CT molecular complexity index is 568. The minimum absolute atomic E-state index is 0.201. The monoisotopic (exact) mass is 323 g/mol. The van der Waals surface area contributed by atoms with Gasteiger partial charge in [0.15, 0.2) is 0 Å². The molecule has 0 aliphatic carbocycles. The van der Waals surface area contributed by atoms with E-state index in [9.17, 15) is 5.26 Å². The van der Waals surface area contributed by atoms with Crippen LogP contribution in [0.4, 0.5) is 0 Å². The number of nitrogens with zero attached hydrogens (tertiary/aromatic N) is 3. The molecule has 126 valence electrons. The number of hydrogen-bond donors (Lipinski definition) is 0. The van der Waals surface area contributed by atoms with Gasteiger partial charge in [0.1, 0.15) is 0 Å². The zero-order chi connectivity index (χ0) is 17.2. The van der Waals surface area contributed by atoms with Crippen molar-refractivity contribution in [3.8, 4) is 12.0 Å². The second-order valence-electron chi connectivity index (χ2n) is 6.47. The van der Waals surface area contributed by atoms with Crippen LogP contribution in [0.25, 0.3) is 0 Å². The Morgan fingerprint density at radius 1 is 1.25 bits per heavy atom. The molecule has 0 N–H and O–H groups in total. The van der Waals surface area contributed by atoms with E-state index < -0.39 is 0 Å². The highest BCUT2D eigenvalue weighted by molar-refractivity contribution is 6.67. The molecule has 4 nitrogen and oxygen atoms in total. The fourth-order valence-electron chi connectivity index (χ4n) is 3.27. The molecule has 0 saturated carbocycles. The first-order valence-electron chi connectivity index (χ1n) is 8.97. The van der Waals surface area contributed by atoms with E-state index in [1.807, 2.05) is 25.2 Å². The Balaban J connectivity index is 1.90. The first-order valence-corrected chi connectivity index (χ1v) is 8.97. The SMILES string of the molecule is C\C=C(C#N)/C(=C\COC1CCB(C#N)CC1)/C=C/N1CCCC1. The van der Waals surface area contributed by atoms with Gasteiger partial charge in [0.2, 0.25) is 0 Å². The van der Waals surface area contributed by atoms with Gasteiger partial charge in [0.25, 0.3) is 6.71 Å². The standard InChI is InChI=1S/C19H26BN3O/c1-2-17(15-21)18(7-13-23-11-3-4-12-23)8-14-24-19-5-9-20(16-22)10-6-19/h2,7-8,13,19H,3-6,9-12,14H2,1H3/b13-7+,17-2-,18-8-. The van der Waals surface area contributed by atoms with Crippen molar-refractivity contribution >= 4 is 6.71 Å². The number of allylic oxidation sites excluding steroid dienone is 4. The number of hydrogen-bond acceptors (Lipinski definition) is 4. The van der Waals surface area contributed by atoms with Crippen molar-refractivity contribution in [1.82, 2.24) is 4.90 Å². The predicted molar refractivity (Wildman–Crippen MR) is 97.4 cm³/mol. The lowest BCUT2D eigenvalue weighted by atomic mass is 9.42. The maximum absolute atomic E-state index is 9.31. The van der Waals surface area contributed by atoms with Gasteiger partial charge >= 0.3 is 0 Å².